The number of carbonyl (C=O) groups excluding carboxylic acids is 2. The molecule has 0 unspecified atom stereocenters. The van der Waals surface area contributed by atoms with E-state index in [0.29, 0.717) is 17.6 Å². The highest BCUT2D eigenvalue weighted by Crippen LogP contribution is 2.51. The maximum absolute atomic E-state index is 14.4. The van der Waals surface area contributed by atoms with Crippen molar-refractivity contribution in [2.75, 3.05) is 50.7 Å². The molecular formula is C39H57FN8O3. The van der Waals surface area contributed by atoms with Gasteiger partial charge in [-0.15, -0.1) is 10.2 Å². The Labute approximate surface area is 302 Å². The second-order valence-electron chi connectivity index (χ2n) is 18.0. The lowest BCUT2D eigenvalue weighted by molar-refractivity contribution is -0.141. The summed E-state index contributed by atoms with van der Waals surface area (Å²) in [5.41, 5.74) is 0.340. The van der Waals surface area contributed by atoms with Gasteiger partial charge in [0.25, 0.3) is 11.8 Å². The Kier molecular flexibility index (Phi) is 9.34. The van der Waals surface area contributed by atoms with Crippen molar-refractivity contribution in [1.82, 2.24) is 35.2 Å². The van der Waals surface area contributed by atoms with E-state index in [1.54, 1.807) is 4.90 Å². The fourth-order valence-electron chi connectivity index (χ4n) is 9.69. The van der Waals surface area contributed by atoms with E-state index >= 15 is 0 Å². The SMILES string of the molecule is CC(C)N(C(=O)c1cc(F)ccc1Oc1nncnc1N1CC2(CCN(CC3CCC4(CC3)CC3(CN(C(C)(C)C)C3)C(=O)N4)CC2)C1)C(C)C. The lowest BCUT2D eigenvalue weighted by Crippen LogP contribution is -2.65. The number of carbonyl (C=O) groups is 2. The summed E-state index contributed by atoms with van der Waals surface area (Å²) in [6, 6.07) is 3.87. The summed E-state index contributed by atoms with van der Waals surface area (Å²) in [6.07, 6.45) is 9.28. The van der Waals surface area contributed by atoms with Crippen molar-refractivity contribution in [2.45, 2.75) is 117 Å². The first-order valence-corrected chi connectivity index (χ1v) is 19.1. The van der Waals surface area contributed by atoms with Crippen LogP contribution in [0.3, 0.4) is 0 Å². The molecule has 5 heterocycles. The van der Waals surface area contributed by atoms with E-state index in [2.05, 4.69) is 56.0 Å². The van der Waals surface area contributed by atoms with Gasteiger partial charge in [0.05, 0.1) is 11.0 Å². The van der Waals surface area contributed by atoms with Gasteiger partial charge in [0, 0.05) is 61.3 Å². The highest BCUT2D eigenvalue weighted by atomic mass is 19.1. The van der Waals surface area contributed by atoms with Crippen molar-refractivity contribution in [1.29, 1.82) is 0 Å². The van der Waals surface area contributed by atoms with Gasteiger partial charge in [0.15, 0.2) is 5.82 Å². The van der Waals surface area contributed by atoms with Gasteiger partial charge in [-0.05, 0) is 131 Å². The molecular weight excluding hydrogens is 647 g/mol. The Hall–Kier alpha value is -3.38. The molecule has 1 saturated carbocycles. The number of halogens is 1. The quantitative estimate of drug-likeness (QED) is 0.381. The number of hydrogen-bond acceptors (Lipinski definition) is 9. The van der Waals surface area contributed by atoms with Gasteiger partial charge in [-0.25, -0.2) is 9.37 Å². The molecule has 11 nitrogen and oxygen atoms in total. The van der Waals surface area contributed by atoms with Gasteiger partial charge in [-0.1, -0.05) is 0 Å². The van der Waals surface area contributed by atoms with Crippen LogP contribution < -0.4 is 15.0 Å². The number of ether oxygens (including phenoxy) is 1. The maximum atomic E-state index is 14.4. The summed E-state index contributed by atoms with van der Waals surface area (Å²) in [5, 5.41) is 11.7. The average Bonchev–Trinajstić information content (AvgIpc) is 3.33. The zero-order valence-corrected chi connectivity index (χ0v) is 31.7. The molecule has 51 heavy (non-hydrogen) atoms. The Bertz CT molecular complexity index is 1600. The normalized spacial score (nSPS) is 26.1. The van der Waals surface area contributed by atoms with Crippen molar-refractivity contribution in [3.05, 3.63) is 35.9 Å². The second-order valence-corrected chi connectivity index (χ2v) is 18.0. The average molecular weight is 705 g/mol. The molecule has 7 rings (SSSR count). The van der Waals surface area contributed by atoms with Gasteiger partial charge in [0.2, 0.25) is 5.91 Å². The van der Waals surface area contributed by atoms with Crippen LogP contribution in [0.1, 0.15) is 104 Å². The molecule has 2 amide bonds. The molecule has 0 radical (unpaired) electrons. The van der Waals surface area contributed by atoms with E-state index in [9.17, 15) is 14.0 Å². The molecule has 1 aliphatic carbocycles. The number of nitrogens with zero attached hydrogens (tertiary/aromatic N) is 7. The van der Waals surface area contributed by atoms with Crippen LogP contribution in [-0.4, -0.2) is 111 Å². The van der Waals surface area contributed by atoms with Crippen LogP contribution >= 0.6 is 0 Å². The number of nitrogens with one attached hydrogen (secondary N) is 1. The minimum absolute atomic E-state index is 0.00757. The predicted octanol–water partition coefficient (Wildman–Crippen LogP) is 5.51. The molecule has 4 aliphatic heterocycles. The van der Waals surface area contributed by atoms with Gasteiger partial charge in [0.1, 0.15) is 17.9 Å². The summed E-state index contributed by atoms with van der Waals surface area (Å²) in [5.74, 6) is 1.23. The summed E-state index contributed by atoms with van der Waals surface area (Å²) in [4.78, 5) is 40.3. The number of likely N-dealkylation sites (tertiary alicyclic amines) is 2. The van der Waals surface area contributed by atoms with Crippen LogP contribution in [0.15, 0.2) is 24.5 Å². The van der Waals surface area contributed by atoms with Crippen molar-refractivity contribution in [3.63, 3.8) is 0 Å². The first-order chi connectivity index (χ1) is 24.1. The minimum Gasteiger partial charge on any atom is -0.434 e. The van der Waals surface area contributed by atoms with Crippen LogP contribution in [0.2, 0.25) is 0 Å². The van der Waals surface area contributed by atoms with Gasteiger partial charge in [-0.3, -0.25) is 14.5 Å². The van der Waals surface area contributed by atoms with Gasteiger partial charge >= 0.3 is 0 Å². The van der Waals surface area contributed by atoms with Crippen LogP contribution in [-0.2, 0) is 4.79 Å². The fourth-order valence-corrected chi connectivity index (χ4v) is 9.69. The first-order valence-electron chi connectivity index (χ1n) is 19.1. The number of rotatable bonds is 8. The Balaban J connectivity index is 0.912. The fraction of sp³-hybridized carbons (Fsp3) is 0.718. The predicted molar refractivity (Wildman–Crippen MR) is 194 cm³/mol. The zero-order valence-electron chi connectivity index (χ0n) is 31.7. The Morgan fingerprint density at radius 3 is 2.33 bits per heavy atom. The molecule has 12 heteroatoms. The number of amides is 2. The van der Waals surface area contributed by atoms with E-state index in [1.807, 2.05) is 27.7 Å². The van der Waals surface area contributed by atoms with Crippen LogP contribution in [0.5, 0.6) is 11.6 Å². The van der Waals surface area contributed by atoms with Crippen molar-refractivity contribution in [2.24, 2.45) is 16.7 Å². The summed E-state index contributed by atoms with van der Waals surface area (Å²) >= 11 is 0. The largest absolute Gasteiger partial charge is 0.434 e. The minimum atomic E-state index is -0.504. The van der Waals surface area contributed by atoms with Gasteiger partial charge in [-0.2, -0.15) is 0 Å². The molecule has 5 fully saturated rings. The molecule has 2 aromatic rings. The third kappa shape index (κ3) is 6.94. The molecule has 4 saturated heterocycles. The molecule has 5 aliphatic rings. The smallest absolute Gasteiger partial charge is 0.282 e. The lowest BCUT2D eigenvalue weighted by atomic mass is 9.67. The summed E-state index contributed by atoms with van der Waals surface area (Å²) < 4.78 is 20.6. The summed E-state index contributed by atoms with van der Waals surface area (Å²) in [7, 11) is 0. The molecule has 0 atom stereocenters. The monoisotopic (exact) mass is 704 g/mol. The molecule has 0 bridgehead atoms. The third-order valence-corrected chi connectivity index (χ3v) is 12.6. The second kappa shape index (κ2) is 13.2. The summed E-state index contributed by atoms with van der Waals surface area (Å²) in [6.45, 7) is 21.3. The molecule has 1 aromatic carbocycles. The lowest BCUT2D eigenvalue weighted by Gasteiger charge is -2.54. The van der Waals surface area contributed by atoms with Crippen molar-refractivity contribution < 1.29 is 18.7 Å². The number of piperidine rings is 1. The van der Waals surface area contributed by atoms with Crippen molar-refractivity contribution in [3.8, 4) is 11.6 Å². The topological polar surface area (TPSA) is 107 Å². The number of aromatic nitrogens is 3. The number of hydrogen-bond donors (Lipinski definition) is 1. The van der Waals surface area contributed by atoms with Crippen molar-refractivity contribution >= 4 is 17.6 Å². The van der Waals surface area contributed by atoms with Gasteiger partial charge < -0.3 is 24.8 Å². The molecule has 278 valence electrons. The molecule has 1 aromatic heterocycles. The number of anilines is 1. The molecule has 3 spiro atoms. The van der Waals surface area contributed by atoms with E-state index in [4.69, 9.17) is 4.74 Å². The Morgan fingerprint density at radius 2 is 1.71 bits per heavy atom. The standard InChI is InChI=1S/C39H57FN8O3/c1-26(2)48(27(3)4)34(49)30-18-29(40)8-9-31(30)51-33-32(41-25-42-44-33)46-21-37(22-46)14-16-45(17-15-37)19-28-10-12-39(13-11-28)20-38(35(50)43-39)23-47(24-38)36(5,6)7/h8-9,18,25-28H,10-17,19-24H2,1-7H3,(H,43,50). The first kappa shape index (κ1) is 36.0. The van der Waals surface area contributed by atoms with E-state index < -0.39 is 5.82 Å². The van der Waals surface area contributed by atoms with Crippen LogP contribution in [0, 0.1) is 22.6 Å². The Morgan fingerprint density at radius 1 is 1.04 bits per heavy atom. The number of benzene rings is 1. The molecule has 1 N–H and O–H groups in total. The van der Waals surface area contributed by atoms with E-state index in [1.165, 1.54) is 37.4 Å². The maximum Gasteiger partial charge on any atom is 0.282 e. The van der Waals surface area contributed by atoms with E-state index in [0.717, 1.165) is 77.9 Å². The van der Waals surface area contributed by atoms with E-state index in [-0.39, 0.29) is 57.1 Å². The van der Waals surface area contributed by atoms with Crippen LogP contribution in [0.25, 0.3) is 0 Å². The zero-order chi connectivity index (χ0) is 36.3. The highest BCUT2D eigenvalue weighted by molar-refractivity contribution is 5.97. The third-order valence-electron chi connectivity index (χ3n) is 12.6. The highest BCUT2D eigenvalue weighted by Gasteiger charge is 2.61. The van der Waals surface area contributed by atoms with Crippen LogP contribution in [0.4, 0.5) is 10.2 Å².